The molecule has 0 aromatic heterocycles. The Kier molecular flexibility index (Phi) is 3.92. The molecule has 3 rings (SSSR count). The van der Waals surface area contributed by atoms with Crippen molar-refractivity contribution in [1.82, 2.24) is 0 Å². The highest BCUT2D eigenvalue weighted by atomic mass is 35.5. The monoisotopic (exact) mass is 319 g/mol. The summed E-state index contributed by atoms with van der Waals surface area (Å²) in [5.74, 6) is -0.137. The van der Waals surface area contributed by atoms with Gasteiger partial charge in [0.05, 0.1) is 10.0 Å². The quantitative estimate of drug-likeness (QED) is 0.644. The third-order valence-corrected chi connectivity index (χ3v) is 4.71. The third-order valence-electron chi connectivity index (χ3n) is 3.91. The van der Waals surface area contributed by atoms with Crippen molar-refractivity contribution in [1.29, 1.82) is 0 Å². The van der Waals surface area contributed by atoms with Crippen molar-refractivity contribution < 1.29 is 4.79 Å². The van der Waals surface area contributed by atoms with Crippen molar-refractivity contribution in [3.05, 3.63) is 62.6 Å². The molecule has 0 atom stereocenters. The molecular formula is C17H15Cl2NO. The van der Waals surface area contributed by atoms with Crippen LogP contribution >= 0.6 is 23.2 Å². The summed E-state index contributed by atoms with van der Waals surface area (Å²) >= 11 is 12.1. The second-order valence-corrected chi connectivity index (χ2v) is 6.17. The number of anilines is 1. The van der Waals surface area contributed by atoms with Crippen molar-refractivity contribution in [3.63, 3.8) is 0 Å². The van der Waals surface area contributed by atoms with Gasteiger partial charge in [-0.05, 0) is 55.0 Å². The predicted octanol–water partition coefficient (Wildman–Crippen LogP) is 4.69. The van der Waals surface area contributed by atoms with Crippen LogP contribution in [-0.4, -0.2) is 5.78 Å². The maximum atomic E-state index is 12.7. The highest BCUT2D eigenvalue weighted by molar-refractivity contribution is 6.44. The van der Waals surface area contributed by atoms with Crippen LogP contribution in [0.5, 0.6) is 0 Å². The average molecular weight is 320 g/mol. The molecule has 21 heavy (non-hydrogen) atoms. The molecular weight excluding hydrogens is 305 g/mol. The molecule has 0 unspecified atom stereocenters. The molecule has 2 aromatic rings. The summed E-state index contributed by atoms with van der Waals surface area (Å²) in [4.78, 5) is 12.7. The van der Waals surface area contributed by atoms with E-state index in [1.807, 2.05) is 18.2 Å². The Hall–Kier alpha value is -1.51. The fraction of sp³-hybridized carbons (Fsp3) is 0.235. The topological polar surface area (TPSA) is 43.1 Å². The standard InChI is InChI=1S/C17H15Cl2NO/c18-15-9-13(20)8-14(16(15)19)17(21)12-6-5-10-3-1-2-4-11(10)7-12/h5-9H,1-4,20H2. The predicted molar refractivity (Wildman–Crippen MR) is 87.4 cm³/mol. The Labute approximate surface area is 133 Å². The number of carbonyl (C=O) groups excluding carboxylic acids is 1. The molecule has 108 valence electrons. The highest BCUT2D eigenvalue weighted by Crippen LogP contribution is 2.31. The first kappa shape index (κ1) is 14.4. The molecule has 0 radical (unpaired) electrons. The lowest BCUT2D eigenvalue weighted by Crippen LogP contribution is -2.08. The molecule has 0 saturated heterocycles. The van der Waals surface area contributed by atoms with Crippen LogP contribution in [0.25, 0.3) is 0 Å². The lowest BCUT2D eigenvalue weighted by Gasteiger charge is -2.16. The number of benzene rings is 2. The first-order valence-electron chi connectivity index (χ1n) is 6.97. The van der Waals surface area contributed by atoms with Crippen LogP contribution in [0.15, 0.2) is 30.3 Å². The van der Waals surface area contributed by atoms with E-state index in [4.69, 9.17) is 28.9 Å². The molecule has 4 heteroatoms. The van der Waals surface area contributed by atoms with Gasteiger partial charge in [0.25, 0.3) is 0 Å². The SMILES string of the molecule is Nc1cc(Cl)c(Cl)c(C(=O)c2ccc3c(c2)CCCC3)c1. The molecule has 0 heterocycles. The molecule has 2 N–H and O–H groups in total. The van der Waals surface area contributed by atoms with E-state index in [0.717, 1.165) is 12.8 Å². The molecule has 2 nitrogen and oxygen atoms in total. The number of hydrogen-bond donors (Lipinski definition) is 1. The van der Waals surface area contributed by atoms with E-state index in [2.05, 4.69) is 0 Å². The lowest BCUT2D eigenvalue weighted by atomic mass is 9.89. The summed E-state index contributed by atoms with van der Waals surface area (Å²) in [5.41, 5.74) is 9.80. The minimum atomic E-state index is -0.137. The van der Waals surface area contributed by atoms with Crippen molar-refractivity contribution >= 4 is 34.7 Å². The van der Waals surface area contributed by atoms with Gasteiger partial charge >= 0.3 is 0 Å². The van der Waals surface area contributed by atoms with Crippen molar-refractivity contribution in [2.45, 2.75) is 25.7 Å². The van der Waals surface area contributed by atoms with Crippen LogP contribution in [0.3, 0.4) is 0 Å². The maximum Gasteiger partial charge on any atom is 0.194 e. The smallest absolute Gasteiger partial charge is 0.194 e. The van der Waals surface area contributed by atoms with Gasteiger partial charge in [-0.25, -0.2) is 0 Å². The number of rotatable bonds is 2. The summed E-state index contributed by atoms with van der Waals surface area (Å²) in [6.45, 7) is 0. The number of nitrogens with two attached hydrogens (primary N) is 1. The van der Waals surface area contributed by atoms with E-state index in [1.54, 1.807) is 12.1 Å². The fourth-order valence-corrected chi connectivity index (χ4v) is 3.23. The van der Waals surface area contributed by atoms with E-state index < -0.39 is 0 Å². The van der Waals surface area contributed by atoms with Crippen molar-refractivity contribution in [2.75, 3.05) is 5.73 Å². The van der Waals surface area contributed by atoms with Crippen LogP contribution in [0, 0.1) is 0 Å². The molecule has 0 amide bonds. The molecule has 1 aliphatic carbocycles. The van der Waals surface area contributed by atoms with Gasteiger partial charge in [0.1, 0.15) is 0 Å². The van der Waals surface area contributed by atoms with Gasteiger partial charge in [-0.3, -0.25) is 4.79 Å². The van der Waals surface area contributed by atoms with Gasteiger partial charge in [0, 0.05) is 16.8 Å². The van der Waals surface area contributed by atoms with Crippen molar-refractivity contribution in [2.24, 2.45) is 0 Å². The summed E-state index contributed by atoms with van der Waals surface area (Å²) < 4.78 is 0. The van der Waals surface area contributed by atoms with E-state index in [0.29, 0.717) is 21.8 Å². The number of ketones is 1. The fourth-order valence-electron chi connectivity index (χ4n) is 2.81. The Balaban J connectivity index is 2.03. The number of halogens is 2. The van der Waals surface area contributed by atoms with E-state index in [1.165, 1.54) is 24.0 Å². The minimum absolute atomic E-state index is 0.137. The first-order chi connectivity index (χ1) is 10.1. The molecule has 0 fully saturated rings. The second-order valence-electron chi connectivity index (χ2n) is 5.38. The molecule has 0 bridgehead atoms. The lowest BCUT2D eigenvalue weighted by molar-refractivity contribution is 0.103. The van der Waals surface area contributed by atoms with Crippen LogP contribution in [0.1, 0.15) is 39.9 Å². The zero-order chi connectivity index (χ0) is 15.0. The van der Waals surface area contributed by atoms with Crippen LogP contribution in [0.4, 0.5) is 5.69 Å². The third kappa shape index (κ3) is 2.78. The van der Waals surface area contributed by atoms with E-state index in [-0.39, 0.29) is 10.8 Å². The Morgan fingerprint density at radius 1 is 1.00 bits per heavy atom. The number of aryl methyl sites for hydroxylation is 2. The van der Waals surface area contributed by atoms with Gasteiger partial charge in [-0.1, -0.05) is 35.3 Å². The average Bonchev–Trinajstić information content (AvgIpc) is 2.49. The van der Waals surface area contributed by atoms with Gasteiger partial charge in [-0.15, -0.1) is 0 Å². The highest BCUT2D eigenvalue weighted by Gasteiger charge is 2.18. The summed E-state index contributed by atoms with van der Waals surface area (Å²) in [6.07, 6.45) is 4.52. The molecule has 1 aliphatic rings. The molecule has 2 aromatic carbocycles. The van der Waals surface area contributed by atoms with Gasteiger partial charge < -0.3 is 5.73 Å². The number of fused-ring (bicyclic) bond motifs is 1. The van der Waals surface area contributed by atoms with Gasteiger partial charge in [0.15, 0.2) is 5.78 Å². The second kappa shape index (κ2) is 5.70. The van der Waals surface area contributed by atoms with Gasteiger partial charge in [0.2, 0.25) is 0 Å². The van der Waals surface area contributed by atoms with Crippen LogP contribution < -0.4 is 5.73 Å². The zero-order valence-electron chi connectivity index (χ0n) is 11.5. The number of hydrogen-bond acceptors (Lipinski definition) is 2. The minimum Gasteiger partial charge on any atom is -0.399 e. The summed E-state index contributed by atoms with van der Waals surface area (Å²) in [5, 5.41) is 0.562. The zero-order valence-corrected chi connectivity index (χ0v) is 13.0. The molecule has 0 spiro atoms. The first-order valence-corrected chi connectivity index (χ1v) is 7.73. The van der Waals surface area contributed by atoms with Crippen LogP contribution in [0.2, 0.25) is 10.0 Å². The molecule has 0 aliphatic heterocycles. The number of carbonyl (C=O) groups is 1. The Morgan fingerprint density at radius 2 is 1.71 bits per heavy atom. The van der Waals surface area contributed by atoms with E-state index >= 15 is 0 Å². The van der Waals surface area contributed by atoms with Crippen LogP contribution in [-0.2, 0) is 12.8 Å². The number of nitrogen functional groups attached to an aromatic ring is 1. The Bertz CT molecular complexity index is 725. The van der Waals surface area contributed by atoms with Crippen molar-refractivity contribution in [3.8, 4) is 0 Å². The van der Waals surface area contributed by atoms with Gasteiger partial charge in [-0.2, -0.15) is 0 Å². The summed E-state index contributed by atoms with van der Waals surface area (Å²) in [6, 6.07) is 9.01. The summed E-state index contributed by atoms with van der Waals surface area (Å²) in [7, 11) is 0. The molecule has 0 saturated carbocycles. The normalized spacial score (nSPS) is 13.8. The Morgan fingerprint density at radius 3 is 2.48 bits per heavy atom. The maximum absolute atomic E-state index is 12.7. The largest absolute Gasteiger partial charge is 0.399 e. The van der Waals surface area contributed by atoms with E-state index in [9.17, 15) is 4.79 Å².